The first kappa shape index (κ1) is 15.1. The van der Waals surface area contributed by atoms with Gasteiger partial charge in [0.15, 0.2) is 0 Å². The van der Waals surface area contributed by atoms with Crippen molar-refractivity contribution >= 4 is 5.97 Å². The number of nitriles is 1. The van der Waals surface area contributed by atoms with Gasteiger partial charge in [-0.15, -0.1) is 0 Å². The van der Waals surface area contributed by atoms with Crippen LogP contribution in [0.4, 0.5) is 4.39 Å². The molecule has 5 heteroatoms. The molecule has 0 saturated heterocycles. The Labute approximate surface area is 112 Å². The van der Waals surface area contributed by atoms with E-state index in [9.17, 15) is 14.4 Å². The van der Waals surface area contributed by atoms with E-state index in [1.165, 1.54) is 12.1 Å². The maximum absolute atomic E-state index is 13.1. The molecule has 19 heavy (non-hydrogen) atoms. The van der Waals surface area contributed by atoms with Crippen LogP contribution in [0.15, 0.2) is 24.3 Å². The van der Waals surface area contributed by atoms with Crippen molar-refractivity contribution in [1.82, 2.24) is 4.90 Å². The summed E-state index contributed by atoms with van der Waals surface area (Å²) in [4.78, 5) is 13.0. The van der Waals surface area contributed by atoms with Crippen molar-refractivity contribution in [1.29, 1.82) is 5.26 Å². The average molecular weight is 264 g/mol. The molecule has 0 aliphatic carbocycles. The van der Waals surface area contributed by atoms with Gasteiger partial charge in [-0.2, -0.15) is 5.26 Å². The fourth-order valence-corrected chi connectivity index (χ4v) is 1.73. The molecule has 1 rings (SSSR count). The minimum absolute atomic E-state index is 0.206. The van der Waals surface area contributed by atoms with Crippen molar-refractivity contribution in [3.8, 4) is 6.07 Å². The molecule has 0 radical (unpaired) electrons. The summed E-state index contributed by atoms with van der Waals surface area (Å²) in [5.74, 6) is -0.679. The average Bonchev–Trinajstić information content (AvgIpc) is 2.38. The highest BCUT2D eigenvalue weighted by atomic mass is 19.1. The number of rotatable bonds is 6. The number of ether oxygens (including phenoxy) is 1. The van der Waals surface area contributed by atoms with Crippen molar-refractivity contribution in [3.63, 3.8) is 0 Å². The van der Waals surface area contributed by atoms with E-state index in [0.717, 1.165) is 0 Å². The molecule has 0 fully saturated rings. The third-order valence-corrected chi connectivity index (χ3v) is 2.70. The van der Waals surface area contributed by atoms with Crippen LogP contribution in [-0.2, 0) is 9.53 Å². The van der Waals surface area contributed by atoms with E-state index in [-0.39, 0.29) is 18.2 Å². The van der Waals surface area contributed by atoms with E-state index in [1.54, 1.807) is 31.0 Å². The molecule has 0 saturated carbocycles. The van der Waals surface area contributed by atoms with E-state index in [2.05, 4.69) is 6.07 Å². The molecule has 0 heterocycles. The molecule has 0 aromatic heterocycles. The van der Waals surface area contributed by atoms with Gasteiger partial charge in [-0.05, 0) is 31.7 Å². The first-order valence-electron chi connectivity index (χ1n) is 6.09. The third-order valence-electron chi connectivity index (χ3n) is 2.70. The molecule has 0 amide bonds. The number of esters is 1. The van der Waals surface area contributed by atoms with Crippen LogP contribution < -0.4 is 0 Å². The number of carbonyl (C=O) groups excluding carboxylic acids is 1. The zero-order valence-electron chi connectivity index (χ0n) is 11.1. The van der Waals surface area contributed by atoms with Crippen LogP contribution >= 0.6 is 0 Å². The van der Waals surface area contributed by atoms with E-state index >= 15 is 0 Å². The van der Waals surface area contributed by atoms with Gasteiger partial charge in [0.2, 0.25) is 0 Å². The Morgan fingerprint density at radius 3 is 2.89 bits per heavy atom. The fourth-order valence-electron chi connectivity index (χ4n) is 1.73. The Bertz CT molecular complexity index is 471. The molecular weight excluding hydrogens is 247 g/mol. The predicted molar refractivity (Wildman–Crippen MR) is 68.6 cm³/mol. The summed E-state index contributed by atoms with van der Waals surface area (Å²) in [5, 5.41) is 9.18. The Balaban J connectivity index is 2.65. The molecule has 0 spiro atoms. The highest BCUT2D eigenvalue weighted by Gasteiger charge is 2.17. The largest absolute Gasteiger partial charge is 0.466 e. The monoisotopic (exact) mass is 264 g/mol. The van der Waals surface area contributed by atoms with Crippen LogP contribution in [0.3, 0.4) is 0 Å². The van der Waals surface area contributed by atoms with Gasteiger partial charge in [0.1, 0.15) is 11.9 Å². The van der Waals surface area contributed by atoms with E-state index in [0.29, 0.717) is 18.7 Å². The van der Waals surface area contributed by atoms with Crippen LogP contribution in [0.1, 0.15) is 24.9 Å². The minimum atomic E-state index is -0.579. The Kier molecular flexibility index (Phi) is 5.97. The highest BCUT2D eigenvalue weighted by molar-refractivity contribution is 5.69. The normalized spacial score (nSPS) is 11.9. The van der Waals surface area contributed by atoms with Crippen molar-refractivity contribution in [2.24, 2.45) is 0 Å². The fraction of sp³-hybridized carbons (Fsp3) is 0.429. The summed E-state index contributed by atoms with van der Waals surface area (Å²) >= 11 is 0. The summed E-state index contributed by atoms with van der Waals surface area (Å²) in [6.07, 6.45) is 0.206. The number of nitrogens with zero attached hydrogens (tertiary/aromatic N) is 2. The lowest BCUT2D eigenvalue weighted by molar-refractivity contribution is -0.143. The number of hydrogen-bond acceptors (Lipinski definition) is 4. The first-order valence-corrected chi connectivity index (χ1v) is 6.09. The van der Waals surface area contributed by atoms with Crippen LogP contribution in [0.5, 0.6) is 0 Å². The van der Waals surface area contributed by atoms with Crippen LogP contribution in [0, 0.1) is 17.1 Å². The minimum Gasteiger partial charge on any atom is -0.466 e. The Hall–Kier alpha value is -1.93. The van der Waals surface area contributed by atoms with Gasteiger partial charge in [0.25, 0.3) is 0 Å². The second-order valence-corrected chi connectivity index (χ2v) is 4.12. The van der Waals surface area contributed by atoms with Gasteiger partial charge in [0.05, 0.1) is 19.1 Å². The molecular formula is C14H17FN2O2. The third kappa shape index (κ3) is 4.68. The van der Waals surface area contributed by atoms with Crippen molar-refractivity contribution in [2.45, 2.75) is 19.4 Å². The van der Waals surface area contributed by atoms with Gasteiger partial charge in [-0.3, -0.25) is 9.69 Å². The number of hydrogen-bond donors (Lipinski definition) is 0. The highest BCUT2D eigenvalue weighted by Crippen LogP contribution is 2.19. The maximum Gasteiger partial charge on any atom is 0.307 e. The summed E-state index contributed by atoms with van der Waals surface area (Å²) in [6.45, 7) is 2.47. The van der Waals surface area contributed by atoms with Gasteiger partial charge >= 0.3 is 5.97 Å². The molecule has 0 aliphatic heterocycles. The van der Waals surface area contributed by atoms with Crippen LogP contribution in [-0.4, -0.2) is 31.1 Å². The van der Waals surface area contributed by atoms with Crippen LogP contribution in [0.2, 0.25) is 0 Å². The number of benzene rings is 1. The molecule has 1 aromatic rings. The molecule has 1 aromatic carbocycles. The van der Waals surface area contributed by atoms with Gasteiger partial charge in [-0.25, -0.2) is 4.39 Å². The maximum atomic E-state index is 13.1. The SMILES string of the molecule is CCOC(=O)CCN(C)C(C#N)c1cccc(F)c1. The molecule has 0 bridgehead atoms. The predicted octanol–water partition coefficient (Wildman–Crippen LogP) is 2.28. The lowest BCUT2D eigenvalue weighted by Gasteiger charge is -2.22. The van der Waals surface area contributed by atoms with E-state index in [1.807, 2.05) is 0 Å². The molecule has 1 unspecified atom stereocenters. The van der Waals surface area contributed by atoms with Crippen molar-refractivity contribution < 1.29 is 13.9 Å². The molecule has 1 atom stereocenters. The quantitative estimate of drug-likeness (QED) is 0.740. The summed E-state index contributed by atoms with van der Waals surface area (Å²) in [7, 11) is 1.72. The first-order chi connectivity index (χ1) is 9.08. The molecule has 102 valence electrons. The molecule has 4 nitrogen and oxygen atoms in total. The lowest BCUT2D eigenvalue weighted by Crippen LogP contribution is -2.26. The second kappa shape index (κ2) is 7.49. The van der Waals surface area contributed by atoms with E-state index < -0.39 is 6.04 Å². The van der Waals surface area contributed by atoms with Crippen molar-refractivity contribution in [3.05, 3.63) is 35.6 Å². The summed E-state index contributed by atoms with van der Waals surface area (Å²) < 4.78 is 18.0. The zero-order chi connectivity index (χ0) is 14.3. The molecule has 0 aliphatic rings. The molecule has 0 N–H and O–H groups in total. The van der Waals surface area contributed by atoms with Gasteiger partial charge in [-0.1, -0.05) is 12.1 Å². The van der Waals surface area contributed by atoms with Gasteiger partial charge in [0, 0.05) is 6.54 Å². The number of carbonyl (C=O) groups is 1. The summed E-state index contributed by atoms with van der Waals surface area (Å²) in [6, 6.07) is 7.44. The van der Waals surface area contributed by atoms with Crippen molar-refractivity contribution in [2.75, 3.05) is 20.2 Å². The van der Waals surface area contributed by atoms with E-state index in [4.69, 9.17) is 4.74 Å². The Morgan fingerprint density at radius 2 is 2.32 bits per heavy atom. The standard InChI is InChI=1S/C14H17FN2O2/c1-3-19-14(18)7-8-17(2)13(10-16)11-5-4-6-12(15)9-11/h4-6,9,13H,3,7-8H2,1-2H3. The van der Waals surface area contributed by atoms with Gasteiger partial charge < -0.3 is 4.74 Å². The Morgan fingerprint density at radius 1 is 1.58 bits per heavy atom. The lowest BCUT2D eigenvalue weighted by atomic mass is 10.1. The smallest absolute Gasteiger partial charge is 0.307 e. The topological polar surface area (TPSA) is 53.3 Å². The second-order valence-electron chi connectivity index (χ2n) is 4.12. The zero-order valence-corrected chi connectivity index (χ0v) is 11.1. The summed E-state index contributed by atoms with van der Waals surface area (Å²) in [5.41, 5.74) is 0.578. The van der Waals surface area contributed by atoms with Crippen LogP contribution in [0.25, 0.3) is 0 Å². The number of halogens is 1.